The molecule has 0 spiro atoms. The second kappa shape index (κ2) is 19.0. The van der Waals surface area contributed by atoms with Crippen LogP contribution in [0.25, 0.3) is 0 Å². The number of nitrogens with zero attached hydrogens (tertiary/aromatic N) is 2. The molecule has 0 bridgehead atoms. The van der Waals surface area contributed by atoms with Crippen molar-refractivity contribution in [3.8, 4) is 5.75 Å². The van der Waals surface area contributed by atoms with Crippen LogP contribution in [0.4, 0.5) is 87.8 Å². The Hall–Kier alpha value is -7.47. The number of aryl methyl sites for hydroxylation is 1. The summed E-state index contributed by atoms with van der Waals surface area (Å²) in [5.74, 6) is -71.3. The minimum atomic E-state index is -7.22. The largest absolute Gasteiger partial charge is 0.422 e. The van der Waals surface area contributed by atoms with Gasteiger partial charge in [0, 0.05) is 5.56 Å². The number of carbonyl (C=O) groups excluding carboxylic acids is 1. The maximum atomic E-state index is 15.4. The van der Waals surface area contributed by atoms with E-state index in [-0.39, 0.29) is 5.69 Å². The minimum Gasteiger partial charge on any atom is -0.422 e. The molecular weight excluding hydrogens is 967 g/mol. The molecule has 0 saturated heterocycles. The number of esters is 1. The van der Waals surface area contributed by atoms with Crippen molar-refractivity contribution in [3.05, 3.63) is 206 Å². The quantitative estimate of drug-likeness (QED) is 0.0291. The summed E-state index contributed by atoms with van der Waals surface area (Å²) >= 11 is 0. The van der Waals surface area contributed by atoms with Crippen molar-refractivity contribution in [1.29, 1.82) is 0 Å². The predicted molar refractivity (Wildman–Crippen MR) is 195 cm³/mol. The van der Waals surface area contributed by atoms with Gasteiger partial charge in [-0.15, -0.1) is 21.9 Å². The number of hydrogen-bond acceptors (Lipinski definition) is 3. The fourth-order valence-corrected chi connectivity index (χ4v) is 7.14. The third-order valence-electron chi connectivity index (χ3n) is 10.1. The number of aromatic nitrogens is 2. The molecule has 7 aromatic rings. The lowest BCUT2D eigenvalue weighted by atomic mass is 9.12. The Kier molecular flexibility index (Phi) is 14.0. The molecule has 68 heavy (non-hydrogen) atoms. The minimum absolute atomic E-state index is 0.282. The van der Waals surface area contributed by atoms with Crippen LogP contribution in [-0.4, -0.2) is 17.1 Å². The van der Waals surface area contributed by atoms with E-state index >= 15 is 35.1 Å². The standard InChI is InChI=1S/C24BF20.C19H17N2O2/c26-5-1(6(27)14(35)21(42)13(5)34)25(2-7(28)15(36)22(43)16(37)8(2)29,3-9(30)17(38)23(44)18(39)10(3)31)4-11(32)19(40)24(45)20(41)12(4)33;1-15-6-5-9-17(12-15)23-19(22)18-14-21(11-10-20-18)13-16-7-3-2-4-8-16/h;2-12,14H,13H2,1H3/q-1;+1. The summed E-state index contributed by atoms with van der Waals surface area (Å²) in [4.78, 5) is 16.3. The fraction of sp³-hybridized carbons (Fsp3) is 0.0465. The first-order chi connectivity index (χ1) is 31.9. The lowest BCUT2D eigenvalue weighted by molar-refractivity contribution is -0.689. The molecule has 0 radical (unpaired) electrons. The molecule has 0 N–H and O–H groups in total. The molecular formula is C43H17BF20N2O2. The number of hydrogen-bond donors (Lipinski definition) is 0. The summed E-state index contributed by atoms with van der Waals surface area (Å²) in [6.45, 7) is 2.63. The molecule has 6 aromatic carbocycles. The van der Waals surface area contributed by atoms with Gasteiger partial charge in [-0.1, -0.05) is 42.5 Å². The molecule has 25 heteroatoms. The molecule has 1 heterocycles. The smallest absolute Gasteiger partial charge is 0.368 e. The van der Waals surface area contributed by atoms with Crippen LogP contribution in [0.5, 0.6) is 5.75 Å². The van der Waals surface area contributed by atoms with Crippen molar-refractivity contribution in [2.24, 2.45) is 0 Å². The third kappa shape index (κ3) is 8.33. The highest BCUT2D eigenvalue weighted by Crippen LogP contribution is 2.31. The van der Waals surface area contributed by atoms with E-state index in [1.54, 1.807) is 18.5 Å². The van der Waals surface area contributed by atoms with Crippen molar-refractivity contribution < 1.29 is 102 Å². The first-order valence-electron chi connectivity index (χ1n) is 18.3. The molecule has 7 rings (SSSR count). The van der Waals surface area contributed by atoms with E-state index in [9.17, 15) is 57.5 Å². The molecule has 0 saturated carbocycles. The monoisotopic (exact) mass is 984 g/mol. The number of carbonyl (C=O) groups is 1. The molecule has 0 atom stereocenters. The van der Waals surface area contributed by atoms with Gasteiger partial charge in [-0.3, -0.25) is 0 Å². The van der Waals surface area contributed by atoms with E-state index in [0.29, 0.717) is 12.3 Å². The van der Waals surface area contributed by atoms with Crippen molar-refractivity contribution in [2.45, 2.75) is 13.5 Å². The van der Waals surface area contributed by atoms with Gasteiger partial charge in [0.15, 0.2) is 82.5 Å². The van der Waals surface area contributed by atoms with E-state index in [4.69, 9.17) is 4.74 Å². The number of benzene rings is 6. The molecule has 0 unspecified atom stereocenters. The van der Waals surface area contributed by atoms with Crippen LogP contribution in [0.15, 0.2) is 73.2 Å². The Bertz CT molecular complexity index is 2790. The van der Waals surface area contributed by atoms with Gasteiger partial charge in [-0.25, -0.2) is 97.6 Å². The zero-order valence-electron chi connectivity index (χ0n) is 33.0. The highest BCUT2D eigenvalue weighted by Gasteiger charge is 2.52. The topological polar surface area (TPSA) is 43.1 Å². The van der Waals surface area contributed by atoms with Gasteiger partial charge in [0.2, 0.25) is 11.9 Å². The van der Waals surface area contributed by atoms with E-state index in [1.807, 2.05) is 66.2 Å². The molecule has 0 aliphatic heterocycles. The Morgan fingerprint density at radius 1 is 0.471 bits per heavy atom. The summed E-state index contributed by atoms with van der Waals surface area (Å²) in [7, 11) is 0. The lowest BCUT2D eigenvalue weighted by Crippen LogP contribution is -2.81. The molecule has 0 aliphatic carbocycles. The van der Waals surface area contributed by atoms with Crippen LogP contribution in [0.1, 0.15) is 21.6 Å². The van der Waals surface area contributed by atoms with Crippen molar-refractivity contribution in [1.82, 2.24) is 4.98 Å². The second-order valence-corrected chi connectivity index (χ2v) is 14.1. The highest BCUT2D eigenvalue weighted by molar-refractivity contribution is 7.20. The number of rotatable bonds is 8. The first kappa shape index (κ1) is 50.0. The SMILES string of the molecule is Cc1cccc(OC(=O)c2c[n+](Cc3ccccc3)ccn2)c1.Fc1c(F)c(F)c([B-](c2c(F)c(F)c(F)c(F)c2F)(c2c(F)c(F)c(F)c(F)c2F)c2c(F)c(F)c(F)c(F)c2F)c(F)c1F. The fourth-order valence-electron chi connectivity index (χ4n) is 7.14. The average molecular weight is 984 g/mol. The van der Waals surface area contributed by atoms with Crippen LogP contribution in [-0.2, 0) is 6.54 Å². The van der Waals surface area contributed by atoms with Crippen LogP contribution in [0.3, 0.4) is 0 Å². The normalized spacial score (nSPS) is 11.4. The Morgan fingerprint density at radius 3 is 1.15 bits per heavy atom. The maximum absolute atomic E-state index is 15.4. The van der Waals surface area contributed by atoms with Gasteiger partial charge in [-0.05, 0) is 24.6 Å². The predicted octanol–water partition coefficient (Wildman–Crippen LogP) is 8.79. The molecule has 0 fully saturated rings. The summed E-state index contributed by atoms with van der Waals surface area (Å²) in [5.41, 5.74) is -11.9. The second-order valence-electron chi connectivity index (χ2n) is 14.1. The van der Waals surface area contributed by atoms with Gasteiger partial charge in [0.25, 0.3) is 0 Å². The molecule has 0 aliphatic rings. The van der Waals surface area contributed by atoms with Crippen LogP contribution < -0.4 is 31.2 Å². The summed E-state index contributed by atoms with van der Waals surface area (Å²) in [6.07, 6.45) is -2.08. The zero-order chi connectivity index (χ0) is 50.4. The van der Waals surface area contributed by atoms with Crippen LogP contribution in [0, 0.1) is 123 Å². The number of ether oxygens (including phenoxy) is 1. The molecule has 354 valence electrons. The van der Waals surface area contributed by atoms with Gasteiger partial charge < -0.3 is 4.74 Å². The highest BCUT2D eigenvalue weighted by atomic mass is 19.2. The Balaban J connectivity index is 0.000000276. The lowest BCUT2D eigenvalue weighted by Gasteiger charge is -2.44. The zero-order valence-corrected chi connectivity index (χ0v) is 33.0. The van der Waals surface area contributed by atoms with Crippen LogP contribution >= 0.6 is 0 Å². The van der Waals surface area contributed by atoms with Gasteiger partial charge in [-0.2, -0.15) is 4.57 Å². The van der Waals surface area contributed by atoms with Gasteiger partial charge in [0.1, 0.15) is 58.4 Å². The molecule has 4 nitrogen and oxygen atoms in total. The Labute approximate surface area is 366 Å². The van der Waals surface area contributed by atoms with E-state index in [1.165, 1.54) is 0 Å². The van der Waals surface area contributed by atoms with Crippen LogP contribution in [0.2, 0.25) is 0 Å². The Morgan fingerprint density at radius 2 is 0.809 bits per heavy atom. The molecule has 1 aromatic heterocycles. The van der Waals surface area contributed by atoms with Crippen molar-refractivity contribution >= 4 is 34.0 Å². The maximum Gasteiger partial charge on any atom is 0.368 e. The third-order valence-corrected chi connectivity index (χ3v) is 10.1. The number of halogens is 20. The summed E-state index contributed by atoms with van der Waals surface area (Å²) < 4.78 is 301. The molecule has 0 amide bonds. The van der Waals surface area contributed by atoms with Crippen molar-refractivity contribution in [2.75, 3.05) is 0 Å². The van der Waals surface area contributed by atoms with E-state index in [0.717, 1.165) is 11.1 Å². The summed E-state index contributed by atoms with van der Waals surface area (Å²) in [5, 5.41) is 0. The average Bonchev–Trinajstić information content (AvgIpc) is 3.32. The van der Waals surface area contributed by atoms with Crippen molar-refractivity contribution in [3.63, 3.8) is 0 Å². The summed E-state index contributed by atoms with van der Waals surface area (Å²) in [6, 6.07) is 17.4. The van der Waals surface area contributed by atoms with E-state index in [2.05, 4.69) is 4.98 Å². The van der Waals surface area contributed by atoms with Gasteiger partial charge in [0.05, 0.1) is 6.20 Å². The first-order valence-corrected chi connectivity index (χ1v) is 18.3. The van der Waals surface area contributed by atoms with Gasteiger partial charge >= 0.3 is 5.97 Å². The van der Waals surface area contributed by atoms with E-state index < -0.39 is 150 Å².